The molecule has 0 aliphatic carbocycles. The number of nitrogens with one attached hydrogen (secondary N) is 1. The second kappa shape index (κ2) is 6.92. The van der Waals surface area contributed by atoms with Crippen molar-refractivity contribution in [3.63, 3.8) is 0 Å². The van der Waals surface area contributed by atoms with Gasteiger partial charge < -0.3 is 20.5 Å². The van der Waals surface area contributed by atoms with E-state index in [0.717, 1.165) is 22.8 Å². The topological polar surface area (TPSA) is 86.5 Å². The van der Waals surface area contributed by atoms with Crippen LogP contribution in [0.25, 0.3) is 0 Å². The Morgan fingerprint density at radius 3 is 3.00 bits per heavy atom. The molecule has 1 aliphatic heterocycles. The first kappa shape index (κ1) is 17.5. The molecule has 1 unspecified atom stereocenters. The Balaban J connectivity index is 1.70. The zero-order valence-electron chi connectivity index (χ0n) is 14.7. The van der Waals surface area contributed by atoms with Crippen LogP contribution in [0.2, 0.25) is 0 Å². The highest BCUT2D eigenvalue weighted by Crippen LogP contribution is 2.41. The van der Waals surface area contributed by atoms with Gasteiger partial charge in [0.25, 0.3) is 0 Å². The highest BCUT2D eigenvalue weighted by molar-refractivity contribution is 7.13. The molecule has 1 aromatic carbocycles. The predicted octanol–water partition coefficient (Wildman–Crippen LogP) is 3.09. The molecular weight excluding hydrogens is 338 g/mol. The molecule has 1 atom stereocenters. The predicted molar refractivity (Wildman–Crippen MR) is 98.0 cm³/mol. The summed E-state index contributed by atoms with van der Waals surface area (Å²) < 4.78 is 11.3. The minimum atomic E-state index is -0.360. The molecule has 0 bridgehead atoms. The van der Waals surface area contributed by atoms with E-state index in [1.165, 1.54) is 11.3 Å². The number of amides is 1. The van der Waals surface area contributed by atoms with Crippen molar-refractivity contribution in [1.82, 2.24) is 10.3 Å². The molecule has 1 aliphatic rings. The third-order valence-corrected chi connectivity index (χ3v) is 4.91. The lowest BCUT2D eigenvalue weighted by atomic mass is 9.89. The fourth-order valence-corrected chi connectivity index (χ4v) is 3.63. The van der Waals surface area contributed by atoms with Gasteiger partial charge in [-0.25, -0.2) is 4.98 Å². The average Bonchev–Trinajstić information content (AvgIpc) is 2.96. The van der Waals surface area contributed by atoms with E-state index in [1.54, 1.807) is 7.11 Å². The van der Waals surface area contributed by atoms with E-state index in [9.17, 15) is 4.79 Å². The number of hydrogen-bond acceptors (Lipinski definition) is 6. The van der Waals surface area contributed by atoms with Gasteiger partial charge in [0.1, 0.15) is 17.1 Å². The van der Waals surface area contributed by atoms with Crippen molar-refractivity contribution in [3.05, 3.63) is 34.8 Å². The van der Waals surface area contributed by atoms with Gasteiger partial charge in [0, 0.05) is 29.9 Å². The van der Waals surface area contributed by atoms with Crippen LogP contribution in [0.3, 0.4) is 0 Å². The summed E-state index contributed by atoms with van der Waals surface area (Å²) in [7, 11) is 1.63. The van der Waals surface area contributed by atoms with Gasteiger partial charge in [0.2, 0.25) is 5.91 Å². The molecule has 3 N–H and O–H groups in total. The van der Waals surface area contributed by atoms with Crippen molar-refractivity contribution in [2.75, 3.05) is 12.8 Å². The monoisotopic (exact) mass is 361 g/mol. The number of ether oxygens (including phenoxy) is 2. The van der Waals surface area contributed by atoms with E-state index in [2.05, 4.69) is 10.3 Å². The number of aryl methyl sites for hydroxylation is 1. The number of carbonyl (C=O) groups is 1. The number of rotatable bonds is 5. The van der Waals surface area contributed by atoms with Gasteiger partial charge in [-0.2, -0.15) is 0 Å². The Labute approximate surface area is 151 Å². The molecular formula is C18H23N3O3S. The molecule has 7 heteroatoms. The molecule has 0 saturated heterocycles. The lowest BCUT2D eigenvalue weighted by molar-refractivity contribution is -0.122. The maximum Gasteiger partial charge on any atom is 0.220 e. The first-order chi connectivity index (χ1) is 11.9. The van der Waals surface area contributed by atoms with Crippen molar-refractivity contribution in [2.24, 2.45) is 0 Å². The van der Waals surface area contributed by atoms with Crippen LogP contribution in [0, 0.1) is 0 Å². The van der Waals surface area contributed by atoms with Crippen molar-refractivity contribution in [1.29, 1.82) is 0 Å². The first-order valence-corrected chi connectivity index (χ1v) is 9.10. The van der Waals surface area contributed by atoms with E-state index in [0.29, 0.717) is 24.4 Å². The van der Waals surface area contributed by atoms with Gasteiger partial charge >= 0.3 is 0 Å². The number of anilines is 1. The summed E-state index contributed by atoms with van der Waals surface area (Å²) >= 11 is 1.39. The molecule has 0 saturated carbocycles. The Morgan fingerprint density at radius 2 is 2.32 bits per heavy atom. The smallest absolute Gasteiger partial charge is 0.220 e. The standard InChI is InChI=1S/C18H23N3O3S/c1-18(2)9-14(13-6-5-12(23-3)8-15(13)24-18)21-16(22)7-4-11-10-25-17(19)20-11/h5-6,8,10,14H,4,7,9H2,1-3H3,(H2,19,20)(H,21,22). The van der Waals surface area contributed by atoms with Crippen molar-refractivity contribution < 1.29 is 14.3 Å². The molecule has 3 rings (SSSR count). The van der Waals surface area contributed by atoms with Crippen LogP contribution in [0.5, 0.6) is 11.5 Å². The third-order valence-electron chi connectivity index (χ3n) is 4.19. The van der Waals surface area contributed by atoms with E-state index in [-0.39, 0.29) is 17.6 Å². The van der Waals surface area contributed by atoms with Crippen LogP contribution < -0.4 is 20.5 Å². The Morgan fingerprint density at radius 1 is 1.52 bits per heavy atom. The van der Waals surface area contributed by atoms with Gasteiger partial charge in [-0.05, 0) is 32.4 Å². The lowest BCUT2D eigenvalue weighted by Gasteiger charge is -2.38. The number of carbonyl (C=O) groups excluding carboxylic acids is 1. The minimum Gasteiger partial charge on any atom is -0.497 e. The number of methoxy groups -OCH3 is 1. The molecule has 2 heterocycles. The molecule has 0 spiro atoms. The third kappa shape index (κ3) is 4.22. The fraction of sp³-hybridized carbons (Fsp3) is 0.444. The zero-order valence-corrected chi connectivity index (χ0v) is 15.5. The van der Waals surface area contributed by atoms with Gasteiger partial charge in [0.15, 0.2) is 5.13 Å². The number of nitrogens with zero attached hydrogens (tertiary/aromatic N) is 1. The summed E-state index contributed by atoms with van der Waals surface area (Å²) in [5.74, 6) is 1.49. The molecule has 6 nitrogen and oxygen atoms in total. The number of benzene rings is 1. The average molecular weight is 361 g/mol. The van der Waals surface area contributed by atoms with Crippen LogP contribution in [-0.2, 0) is 11.2 Å². The highest BCUT2D eigenvalue weighted by atomic mass is 32.1. The molecule has 25 heavy (non-hydrogen) atoms. The van der Waals surface area contributed by atoms with Gasteiger partial charge in [-0.3, -0.25) is 4.79 Å². The zero-order chi connectivity index (χ0) is 18.0. The molecule has 1 amide bonds. The molecule has 1 aromatic heterocycles. The van der Waals surface area contributed by atoms with Crippen LogP contribution in [0.1, 0.15) is 44.0 Å². The van der Waals surface area contributed by atoms with Crippen LogP contribution in [0.15, 0.2) is 23.6 Å². The summed E-state index contributed by atoms with van der Waals surface area (Å²) in [6.45, 7) is 4.04. The van der Waals surface area contributed by atoms with Crippen LogP contribution in [0.4, 0.5) is 5.13 Å². The number of nitrogens with two attached hydrogens (primary N) is 1. The van der Waals surface area contributed by atoms with Crippen molar-refractivity contribution in [2.45, 2.75) is 44.8 Å². The summed E-state index contributed by atoms with van der Waals surface area (Å²) in [4.78, 5) is 16.6. The Hall–Kier alpha value is -2.28. The maximum atomic E-state index is 12.4. The molecule has 0 radical (unpaired) electrons. The lowest BCUT2D eigenvalue weighted by Crippen LogP contribution is -2.41. The minimum absolute atomic E-state index is 0.00367. The second-order valence-electron chi connectivity index (χ2n) is 6.77. The van der Waals surface area contributed by atoms with Crippen molar-refractivity contribution in [3.8, 4) is 11.5 Å². The summed E-state index contributed by atoms with van der Waals surface area (Å²) in [6, 6.07) is 5.62. The Kier molecular flexibility index (Phi) is 4.85. The summed E-state index contributed by atoms with van der Waals surface area (Å²) in [5, 5.41) is 5.55. The number of hydrogen-bond donors (Lipinski definition) is 2. The molecule has 134 valence electrons. The SMILES string of the molecule is COc1ccc2c(c1)OC(C)(C)CC2NC(=O)CCc1csc(N)n1. The number of fused-ring (bicyclic) bond motifs is 1. The summed E-state index contributed by atoms with van der Waals surface area (Å²) in [6.07, 6.45) is 1.68. The summed E-state index contributed by atoms with van der Waals surface area (Å²) in [5.41, 5.74) is 7.10. The van der Waals surface area contributed by atoms with E-state index in [1.807, 2.05) is 37.4 Å². The highest BCUT2D eigenvalue weighted by Gasteiger charge is 2.34. The van der Waals surface area contributed by atoms with Gasteiger partial charge in [-0.1, -0.05) is 0 Å². The largest absolute Gasteiger partial charge is 0.497 e. The van der Waals surface area contributed by atoms with Crippen molar-refractivity contribution >= 4 is 22.4 Å². The number of aromatic nitrogens is 1. The van der Waals surface area contributed by atoms with E-state index >= 15 is 0 Å². The fourth-order valence-electron chi connectivity index (χ4n) is 3.03. The van der Waals surface area contributed by atoms with Gasteiger partial charge in [-0.15, -0.1) is 11.3 Å². The van der Waals surface area contributed by atoms with E-state index < -0.39 is 0 Å². The number of thiazole rings is 1. The van der Waals surface area contributed by atoms with Crippen LogP contribution in [-0.4, -0.2) is 23.6 Å². The molecule has 2 aromatic rings. The van der Waals surface area contributed by atoms with Crippen LogP contribution >= 0.6 is 11.3 Å². The van der Waals surface area contributed by atoms with E-state index in [4.69, 9.17) is 15.2 Å². The second-order valence-corrected chi connectivity index (χ2v) is 7.66. The quantitative estimate of drug-likeness (QED) is 0.855. The number of nitrogen functional groups attached to an aromatic ring is 1. The maximum absolute atomic E-state index is 12.4. The normalized spacial score (nSPS) is 18.1. The molecule has 0 fully saturated rings. The van der Waals surface area contributed by atoms with Gasteiger partial charge in [0.05, 0.1) is 18.8 Å². The Bertz CT molecular complexity index is 773. The first-order valence-electron chi connectivity index (χ1n) is 8.22.